The molecule has 0 aromatic rings. The zero-order valence-corrected chi connectivity index (χ0v) is 15.4. The molecule has 0 radical (unpaired) electrons. The molecular weight excluding hydrogens is 316 g/mol. The highest BCUT2D eigenvalue weighted by Crippen LogP contribution is 2.30. The summed E-state index contributed by atoms with van der Waals surface area (Å²) in [6.07, 6.45) is 1.70. The number of hydrogen-bond acceptors (Lipinski definition) is 7. The Balaban J connectivity index is 4.72. The van der Waals surface area contributed by atoms with Crippen LogP contribution in [0.25, 0.3) is 0 Å². The average molecular weight is 346 g/mol. The molecule has 1 unspecified atom stereocenters. The fraction of sp³-hybridized carbons (Fsp3) is 0.824. The molecule has 7 nitrogen and oxygen atoms in total. The first kappa shape index (κ1) is 22.4. The van der Waals surface area contributed by atoms with Gasteiger partial charge in [-0.05, 0) is 26.7 Å². The smallest absolute Gasteiger partial charge is 0.311 e. The summed E-state index contributed by atoms with van der Waals surface area (Å²) in [5, 5.41) is 0. The number of esters is 3. The van der Waals surface area contributed by atoms with Crippen molar-refractivity contribution in [3.63, 3.8) is 0 Å². The molecule has 0 aromatic heterocycles. The number of carbonyl (C=O) groups excluding carboxylic acids is 3. The highest BCUT2D eigenvalue weighted by molar-refractivity contribution is 5.82. The van der Waals surface area contributed by atoms with Gasteiger partial charge >= 0.3 is 17.9 Å². The summed E-state index contributed by atoms with van der Waals surface area (Å²) < 4.78 is 19.7. The van der Waals surface area contributed by atoms with E-state index in [1.165, 1.54) is 14.2 Å². The molecule has 140 valence electrons. The van der Waals surface area contributed by atoms with Crippen LogP contribution in [0, 0.1) is 11.3 Å². The van der Waals surface area contributed by atoms with Gasteiger partial charge in [-0.3, -0.25) is 14.4 Å². The molecule has 0 aliphatic heterocycles. The SMILES string of the molecule is CCCCOC(=O)C(C)(C)CC(CC(=O)OCCOC)C(=O)OC. The van der Waals surface area contributed by atoms with E-state index < -0.39 is 29.2 Å². The van der Waals surface area contributed by atoms with Gasteiger partial charge in [0.15, 0.2) is 0 Å². The minimum Gasteiger partial charge on any atom is -0.469 e. The largest absolute Gasteiger partial charge is 0.469 e. The Hall–Kier alpha value is -1.63. The summed E-state index contributed by atoms with van der Waals surface area (Å²) in [6, 6.07) is 0. The summed E-state index contributed by atoms with van der Waals surface area (Å²) in [5.41, 5.74) is -0.903. The first-order chi connectivity index (χ1) is 11.3. The number of hydrogen-bond donors (Lipinski definition) is 0. The van der Waals surface area contributed by atoms with Crippen LogP contribution in [-0.4, -0.2) is 51.9 Å². The predicted octanol–water partition coefficient (Wildman–Crippen LogP) is 2.11. The fourth-order valence-electron chi connectivity index (χ4n) is 2.11. The molecule has 0 bridgehead atoms. The Bertz CT molecular complexity index is 404. The highest BCUT2D eigenvalue weighted by Gasteiger charge is 2.36. The third kappa shape index (κ3) is 8.86. The van der Waals surface area contributed by atoms with Crippen molar-refractivity contribution in [2.75, 3.05) is 34.0 Å². The first-order valence-corrected chi connectivity index (χ1v) is 8.18. The van der Waals surface area contributed by atoms with Crippen LogP contribution in [0.2, 0.25) is 0 Å². The lowest BCUT2D eigenvalue weighted by Crippen LogP contribution is -2.33. The van der Waals surface area contributed by atoms with Crippen molar-refractivity contribution in [1.82, 2.24) is 0 Å². The summed E-state index contributed by atoms with van der Waals surface area (Å²) in [7, 11) is 2.75. The second-order valence-electron chi connectivity index (χ2n) is 6.21. The lowest BCUT2D eigenvalue weighted by Gasteiger charge is -2.26. The van der Waals surface area contributed by atoms with Crippen molar-refractivity contribution in [1.29, 1.82) is 0 Å². The summed E-state index contributed by atoms with van der Waals surface area (Å²) >= 11 is 0. The van der Waals surface area contributed by atoms with Gasteiger partial charge in [0.2, 0.25) is 0 Å². The standard InChI is InChI=1S/C17H30O7/c1-6-7-8-24-16(20)17(2,3)12-13(15(19)22-5)11-14(18)23-10-9-21-4/h13H,6-12H2,1-5H3. The van der Waals surface area contributed by atoms with E-state index in [2.05, 4.69) is 0 Å². The fourth-order valence-corrected chi connectivity index (χ4v) is 2.11. The number of methoxy groups -OCH3 is 2. The van der Waals surface area contributed by atoms with Gasteiger partial charge in [0.25, 0.3) is 0 Å². The van der Waals surface area contributed by atoms with Crippen LogP contribution < -0.4 is 0 Å². The van der Waals surface area contributed by atoms with Crippen LogP contribution >= 0.6 is 0 Å². The van der Waals surface area contributed by atoms with Gasteiger partial charge in [-0.2, -0.15) is 0 Å². The maximum absolute atomic E-state index is 12.2. The van der Waals surface area contributed by atoms with Crippen molar-refractivity contribution in [3.8, 4) is 0 Å². The summed E-state index contributed by atoms with van der Waals surface area (Å²) in [4.78, 5) is 35.9. The number of carbonyl (C=O) groups is 3. The van der Waals surface area contributed by atoms with E-state index in [1.54, 1.807) is 13.8 Å². The highest BCUT2D eigenvalue weighted by atomic mass is 16.6. The second kappa shape index (κ2) is 11.8. The van der Waals surface area contributed by atoms with E-state index in [1.807, 2.05) is 6.92 Å². The van der Waals surface area contributed by atoms with Crippen LogP contribution in [0.5, 0.6) is 0 Å². The quantitative estimate of drug-likeness (QED) is 0.304. The Kier molecular flexibility index (Phi) is 11.0. The Morgan fingerprint density at radius 3 is 2.21 bits per heavy atom. The number of unbranched alkanes of at least 4 members (excludes halogenated alkanes) is 1. The molecule has 0 rings (SSSR count). The van der Waals surface area contributed by atoms with E-state index in [-0.39, 0.29) is 26.1 Å². The molecule has 0 heterocycles. The van der Waals surface area contributed by atoms with E-state index in [0.717, 1.165) is 12.8 Å². The maximum atomic E-state index is 12.2. The van der Waals surface area contributed by atoms with Crippen molar-refractivity contribution < 1.29 is 33.3 Å². The first-order valence-electron chi connectivity index (χ1n) is 8.18. The minimum atomic E-state index is -0.903. The van der Waals surface area contributed by atoms with E-state index in [4.69, 9.17) is 18.9 Å². The zero-order valence-electron chi connectivity index (χ0n) is 15.4. The average Bonchev–Trinajstić information content (AvgIpc) is 2.53. The normalized spacial score (nSPS) is 12.4. The van der Waals surface area contributed by atoms with Crippen molar-refractivity contribution in [2.45, 2.75) is 46.5 Å². The molecule has 0 amide bonds. The predicted molar refractivity (Wildman–Crippen MR) is 87.2 cm³/mol. The molecule has 0 aliphatic carbocycles. The molecule has 0 spiro atoms. The van der Waals surface area contributed by atoms with Gasteiger partial charge in [0.1, 0.15) is 6.61 Å². The van der Waals surface area contributed by atoms with Gasteiger partial charge in [-0.1, -0.05) is 13.3 Å². The maximum Gasteiger partial charge on any atom is 0.311 e. The number of ether oxygens (including phenoxy) is 4. The van der Waals surface area contributed by atoms with Crippen LogP contribution in [0.15, 0.2) is 0 Å². The third-order valence-corrected chi connectivity index (χ3v) is 3.54. The molecule has 0 aliphatic rings. The lowest BCUT2D eigenvalue weighted by molar-refractivity contribution is -0.160. The van der Waals surface area contributed by atoms with E-state index >= 15 is 0 Å². The van der Waals surface area contributed by atoms with Crippen LogP contribution in [-0.2, 0) is 33.3 Å². The van der Waals surface area contributed by atoms with E-state index in [0.29, 0.717) is 6.61 Å². The second-order valence-corrected chi connectivity index (χ2v) is 6.21. The molecule has 0 saturated carbocycles. The molecular formula is C17H30O7. The van der Waals surface area contributed by atoms with Gasteiger partial charge in [-0.15, -0.1) is 0 Å². The Morgan fingerprint density at radius 2 is 1.67 bits per heavy atom. The topological polar surface area (TPSA) is 88.1 Å². The van der Waals surface area contributed by atoms with Crippen molar-refractivity contribution >= 4 is 17.9 Å². The van der Waals surface area contributed by atoms with Crippen LogP contribution in [0.1, 0.15) is 46.5 Å². The van der Waals surface area contributed by atoms with Crippen LogP contribution in [0.3, 0.4) is 0 Å². The van der Waals surface area contributed by atoms with Crippen molar-refractivity contribution in [3.05, 3.63) is 0 Å². The molecule has 1 atom stereocenters. The van der Waals surface area contributed by atoms with Gasteiger partial charge < -0.3 is 18.9 Å². The van der Waals surface area contributed by atoms with E-state index in [9.17, 15) is 14.4 Å². The zero-order chi connectivity index (χ0) is 18.6. The molecule has 0 N–H and O–H groups in total. The van der Waals surface area contributed by atoms with Gasteiger partial charge in [-0.25, -0.2) is 0 Å². The van der Waals surface area contributed by atoms with Gasteiger partial charge in [0.05, 0.1) is 38.1 Å². The minimum absolute atomic E-state index is 0.117. The molecule has 0 aromatic carbocycles. The molecule has 7 heteroatoms. The molecule has 0 fully saturated rings. The van der Waals surface area contributed by atoms with Gasteiger partial charge in [0, 0.05) is 7.11 Å². The molecule has 0 saturated heterocycles. The number of rotatable bonds is 12. The van der Waals surface area contributed by atoms with Crippen LogP contribution in [0.4, 0.5) is 0 Å². The third-order valence-electron chi connectivity index (χ3n) is 3.54. The molecule has 24 heavy (non-hydrogen) atoms. The van der Waals surface area contributed by atoms with Crippen molar-refractivity contribution in [2.24, 2.45) is 11.3 Å². The Morgan fingerprint density at radius 1 is 1.00 bits per heavy atom. The lowest BCUT2D eigenvalue weighted by atomic mass is 9.81. The summed E-state index contributed by atoms with van der Waals surface area (Å²) in [5.74, 6) is -2.23. The Labute approximate surface area is 144 Å². The summed E-state index contributed by atoms with van der Waals surface area (Å²) in [6.45, 7) is 6.12. The monoisotopic (exact) mass is 346 g/mol.